The third-order valence-electron chi connectivity index (χ3n) is 5.47. The van der Waals surface area contributed by atoms with Crippen molar-refractivity contribution in [2.24, 2.45) is 5.92 Å². The average Bonchev–Trinajstić information content (AvgIpc) is 2.87. The van der Waals surface area contributed by atoms with Gasteiger partial charge in [0, 0.05) is 25.2 Å². The molecular formula is C23H32F2N2O2. The maximum atomic E-state index is 13.5. The van der Waals surface area contributed by atoms with Crippen molar-refractivity contribution in [2.45, 2.75) is 64.9 Å². The summed E-state index contributed by atoms with van der Waals surface area (Å²) >= 11 is 0. The average molecular weight is 407 g/mol. The fraction of sp³-hybridized carbons (Fsp3) is 0.609. The van der Waals surface area contributed by atoms with E-state index in [4.69, 9.17) is 9.15 Å². The van der Waals surface area contributed by atoms with Crippen LogP contribution in [-0.2, 0) is 11.3 Å². The van der Waals surface area contributed by atoms with Crippen molar-refractivity contribution < 1.29 is 17.9 Å². The van der Waals surface area contributed by atoms with E-state index in [1.807, 2.05) is 0 Å². The first-order chi connectivity index (χ1) is 14.1. The fourth-order valence-electron chi connectivity index (χ4n) is 3.98. The van der Waals surface area contributed by atoms with E-state index in [0.29, 0.717) is 29.5 Å². The summed E-state index contributed by atoms with van der Waals surface area (Å²) in [4.78, 5) is 4.31. The molecule has 160 valence electrons. The number of halogens is 2. The van der Waals surface area contributed by atoms with Crippen molar-refractivity contribution in [1.29, 1.82) is 0 Å². The van der Waals surface area contributed by atoms with Crippen LogP contribution in [0.3, 0.4) is 0 Å². The van der Waals surface area contributed by atoms with Gasteiger partial charge in [-0.1, -0.05) is 25.7 Å². The molecule has 0 amide bonds. The van der Waals surface area contributed by atoms with Crippen molar-refractivity contribution in [2.75, 3.05) is 19.7 Å². The topological polar surface area (TPSA) is 47.3 Å². The van der Waals surface area contributed by atoms with Crippen LogP contribution in [0.15, 0.2) is 22.6 Å². The molecule has 2 heterocycles. The quantitative estimate of drug-likeness (QED) is 0.508. The molecule has 29 heavy (non-hydrogen) atoms. The van der Waals surface area contributed by atoms with Crippen molar-refractivity contribution in [3.8, 4) is 11.3 Å². The Bertz CT molecular complexity index is 735. The number of benzene rings is 1. The second kappa shape index (κ2) is 11.4. The zero-order chi connectivity index (χ0) is 20.5. The summed E-state index contributed by atoms with van der Waals surface area (Å²) in [6.45, 7) is 4.99. The summed E-state index contributed by atoms with van der Waals surface area (Å²) in [6.07, 6.45) is 10.0. The van der Waals surface area contributed by atoms with E-state index in [1.54, 1.807) is 6.92 Å². The summed E-state index contributed by atoms with van der Waals surface area (Å²) in [5.74, 6) is 0.394. The second-order valence-corrected chi connectivity index (χ2v) is 7.99. The summed E-state index contributed by atoms with van der Waals surface area (Å²) in [7, 11) is 0. The molecule has 3 rings (SSSR count). The van der Waals surface area contributed by atoms with E-state index in [-0.39, 0.29) is 6.61 Å². The van der Waals surface area contributed by atoms with Crippen LogP contribution < -0.4 is 5.32 Å². The van der Waals surface area contributed by atoms with Gasteiger partial charge in [0.05, 0.1) is 6.61 Å². The summed E-state index contributed by atoms with van der Waals surface area (Å²) in [5, 5.41) is 3.53. The van der Waals surface area contributed by atoms with Crippen LogP contribution in [-0.4, -0.2) is 24.7 Å². The van der Waals surface area contributed by atoms with Gasteiger partial charge in [-0.3, -0.25) is 0 Å². The van der Waals surface area contributed by atoms with Gasteiger partial charge in [-0.15, -0.1) is 0 Å². The van der Waals surface area contributed by atoms with Gasteiger partial charge in [0.25, 0.3) is 0 Å². The van der Waals surface area contributed by atoms with Crippen LogP contribution in [0.2, 0.25) is 0 Å². The summed E-state index contributed by atoms with van der Waals surface area (Å²) in [5.41, 5.74) is 0.920. The van der Waals surface area contributed by atoms with Crippen LogP contribution in [0.1, 0.15) is 63.0 Å². The van der Waals surface area contributed by atoms with Crippen LogP contribution >= 0.6 is 0 Å². The highest BCUT2D eigenvalue weighted by molar-refractivity contribution is 5.60. The lowest BCUT2D eigenvalue weighted by Gasteiger charge is -2.13. The van der Waals surface area contributed by atoms with E-state index < -0.39 is 11.6 Å². The van der Waals surface area contributed by atoms with Crippen molar-refractivity contribution in [3.63, 3.8) is 0 Å². The minimum atomic E-state index is -0.638. The number of nitrogens with zero attached hydrogens (tertiary/aromatic N) is 1. The maximum Gasteiger partial charge on any atom is 0.192 e. The van der Waals surface area contributed by atoms with Gasteiger partial charge in [-0.05, 0) is 56.8 Å². The zero-order valence-electron chi connectivity index (χ0n) is 17.3. The predicted octanol–water partition coefficient (Wildman–Crippen LogP) is 5.79. The van der Waals surface area contributed by atoms with Crippen LogP contribution in [0.25, 0.3) is 11.3 Å². The van der Waals surface area contributed by atoms with Crippen LogP contribution in [0, 0.1) is 24.5 Å². The molecule has 0 radical (unpaired) electrons. The third-order valence-corrected chi connectivity index (χ3v) is 5.47. The molecule has 4 nitrogen and oxygen atoms in total. The molecule has 1 N–H and O–H groups in total. The highest BCUT2D eigenvalue weighted by Crippen LogP contribution is 2.27. The number of oxazole rings is 1. The molecule has 1 aromatic carbocycles. The number of hydrogen-bond acceptors (Lipinski definition) is 4. The number of rotatable bonds is 10. The molecule has 2 aromatic rings. The normalized spacial score (nSPS) is 17.4. The second-order valence-electron chi connectivity index (χ2n) is 7.99. The molecule has 1 atom stereocenters. The van der Waals surface area contributed by atoms with Crippen molar-refractivity contribution >= 4 is 0 Å². The van der Waals surface area contributed by atoms with E-state index >= 15 is 0 Å². The smallest absolute Gasteiger partial charge is 0.192 e. The fourth-order valence-corrected chi connectivity index (χ4v) is 3.98. The van der Waals surface area contributed by atoms with Crippen molar-refractivity contribution in [3.05, 3.63) is 41.4 Å². The Labute approximate surface area is 172 Å². The first-order valence-electron chi connectivity index (χ1n) is 10.8. The Morgan fingerprint density at radius 2 is 1.90 bits per heavy atom. The molecule has 0 aliphatic carbocycles. The maximum absolute atomic E-state index is 13.5. The van der Waals surface area contributed by atoms with Gasteiger partial charge in [0.15, 0.2) is 11.7 Å². The molecule has 1 fully saturated rings. The monoisotopic (exact) mass is 406 g/mol. The van der Waals surface area contributed by atoms with Crippen LogP contribution in [0.5, 0.6) is 0 Å². The lowest BCUT2D eigenvalue weighted by molar-refractivity contribution is 0.114. The molecule has 1 aliphatic heterocycles. The lowest BCUT2D eigenvalue weighted by Crippen LogP contribution is -2.20. The Hall–Kier alpha value is -1.79. The SMILES string of the molecule is Cc1nc(COCCCCCCC2CCCCNC2)c(-c2cc(F)cc(F)c2)o1. The molecular weight excluding hydrogens is 374 g/mol. The standard InChI is InChI=1S/C23H32F2N2O2/c1-17-27-22(23(29-17)19-12-20(24)14-21(25)13-19)16-28-11-7-3-2-4-8-18-9-5-6-10-26-15-18/h12-14,18,26H,2-11,15-16H2,1H3. The lowest BCUT2D eigenvalue weighted by atomic mass is 9.96. The Balaban J connectivity index is 1.35. The number of aryl methyl sites for hydroxylation is 1. The van der Waals surface area contributed by atoms with Gasteiger partial charge in [-0.25, -0.2) is 13.8 Å². The predicted molar refractivity (Wildman–Crippen MR) is 110 cm³/mol. The first-order valence-corrected chi connectivity index (χ1v) is 10.8. The summed E-state index contributed by atoms with van der Waals surface area (Å²) in [6, 6.07) is 3.34. The van der Waals surface area contributed by atoms with Gasteiger partial charge in [0.1, 0.15) is 17.3 Å². The number of hydrogen-bond donors (Lipinski definition) is 1. The van der Waals surface area contributed by atoms with Gasteiger partial charge in [0.2, 0.25) is 0 Å². The molecule has 0 spiro atoms. The molecule has 0 saturated carbocycles. The summed E-state index contributed by atoms with van der Waals surface area (Å²) < 4.78 is 38.3. The minimum Gasteiger partial charge on any atom is -0.441 e. The van der Waals surface area contributed by atoms with Gasteiger partial charge < -0.3 is 14.5 Å². The number of unbranched alkanes of at least 4 members (excludes halogenated alkanes) is 3. The molecule has 1 aromatic heterocycles. The highest BCUT2D eigenvalue weighted by Gasteiger charge is 2.15. The number of nitrogens with one attached hydrogen (secondary N) is 1. The number of aromatic nitrogens is 1. The minimum absolute atomic E-state index is 0.276. The highest BCUT2D eigenvalue weighted by atomic mass is 19.1. The number of ether oxygens (including phenoxy) is 1. The molecule has 1 aliphatic rings. The third kappa shape index (κ3) is 7.19. The molecule has 1 unspecified atom stereocenters. The molecule has 0 bridgehead atoms. The first kappa shape index (κ1) is 21.9. The Kier molecular flexibility index (Phi) is 8.62. The largest absolute Gasteiger partial charge is 0.441 e. The van der Waals surface area contributed by atoms with Gasteiger partial charge >= 0.3 is 0 Å². The zero-order valence-corrected chi connectivity index (χ0v) is 17.3. The Morgan fingerprint density at radius 3 is 2.72 bits per heavy atom. The van der Waals surface area contributed by atoms with Crippen LogP contribution in [0.4, 0.5) is 8.78 Å². The molecule has 1 saturated heterocycles. The van der Waals surface area contributed by atoms with Gasteiger partial charge in [-0.2, -0.15) is 0 Å². The van der Waals surface area contributed by atoms with E-state index in [9.17, 15) is 8.78 Å². The van der Waals surface area contributed by atoms with E-state index in [0.717, 1.165) is 24.8 Å². The van der Waals surface area contributed by atoms with Crippen molar-refractivity contribution in [1.82, 2.24) is 10.3 Å². The van der Waals surface area contributed by atoms with E-state index in [2.05, 4.69) is 10.3 Å². The molecule has 6 heteroatoms. The van der Waals surface area contributed by atoms with E-state index in [1.165, 1.54) is 63.7 Å². The Morgan fingerprint density at radius 1 is 1.10 bits per heavy atom.